The number of unbranched alkanes of at least 4 members (excludes halogenated alkanes) is 2. The minimum Gasteiger partial charge on any atom is -0.344 e. The lowest BCUT2D eigenvalue weighted by molar-refractivity contribution is -0.438. The molecule has 5 rings (SSSR count). The number of aryl methyl sites for hydroxylation is 1. The van der Waals surface area contributed by atoms with Crippen molar-refractivity contribution in [2.75, 3.05) is 18.0 Å². The van der Waals surface area contributed by atoms with E-state index in [1.165, 1.54) is 28.6 Å². The van der Waals surface area contributed by atoms with Crippen LogP contribution in [-0.4, -0.2) is 42.1 Å². The highest BCUT2D eigenvalue weighted by Crippen LogP contribution is 2.48. The van der Waals surface area contributed by atoms with Gasteiger partial charge in [-0.2, -0.15) is 13.0 Å². The Morgan fingerprint density at radius 1 is 0.870 bits per heavy atom. The Labute approximate surface area is 274 Å². The molecule has 0 aromatic heterocycles. The van der Waals surface area contributed by atoms with Crippen molar-refractivity contribution in [1.82, 2.24) is 0 Å². The fourth-order valence-electron chi connectivity index (χ4n) is 7.07. The third-order valence-corrected chi connectivity index (χ3v) is 10.4. The van der Waals surface area contributed by atoms with E-state index in [2.05, 4.69) is 110 Å². The first-order valence-electron chi connectivity index (χ1n) is 16.4. The zero-order valence-corrected chi connectivity index (χ0v) is 28.6. The maximum absolute atomic E-state index is 12.0. The molecule has 0 spiro atoms. The Bertz CT molecular complexity index is 1800. The van der Waals surface area contributed by atoms with E-state index < -0.39 is 15.5 Å². The molecule has 3 aromatic rings. The summed E-state index contributed by atoms with van der Waals surface area (Å²) < 4.78 is 36.4. The highest BCUT2D eigenvalue weighted by molar-refractivity contribution is 7.85. The number of fused-ring (bicyclic) bond motifs is 2. The Morgan fingerprint density at radius 2 is 1.59 bits per heavy atom. The fourth-order valence-corrected chi connectivity index (χ4v) is 7.58. The highest BCUT2D eigenvalue weighted by atomic mass is 32.2. The largest absolute Gasteiger partial charge is 0.344 e. The number of ketones is 1. The van der Waals surface area contributed by atoms with Gasteiger partial charge in [0.25, 0.3) is 10.1 Å². The standard InChI is InChI=1S/C39H46N2O4S/c1-29(42)16-8-7-13-26-40-35-25-24-31(46(43,44)45)28-33(35)39(4,5)37(40)23-14-22-36-38(2,3)32-20-11-12-21-34(32)41(36)27-15-19-30-17-9-6-10-18-30/h6,9-12,14,17-18,20-25,28H,7-8,13,15-16,19,26-27H2,1-5H3/p+1. The van der Waals surface area contributed by atoms with Gasteiger partial charge < -0.3 is 9.69 Å². The Hall–Kier alpha value is -3.81. The van der Waals surface area contributed by atoms with Gasteiger partial charge >= 0.3 is 0 Å². The molecule has 6 nitrogen and oxygen atoms in total. The lowest BCUT2D eigenvalue weighted by Gasteiger charge is -2.27. The molecule has 0 saturated heterocycles. The number of nitrogens with zero attached hydrogens (tertiary/aromatic N) is 2. The number of para-hydroxylation sites is 1. The molecule has 2 heterocycles. The van der Waals surface area contributed by atoms with Crippen LogP contribution >= 0.6 is 0 Å². The maximum atomic E-state index is 12.0. The average Bonchev–Trinajstić information content (AvgIpc) is 3.35. The van der Waals surface area contributed by atoms with Crippen LogP contribution in [0.1, 0.15) is 83.4 Å². The van der Waals surface area contributed by atoms with Gasteiger partial charge in [-0.05, 0) is 75.4 Å². The smallest absolute Gasteiger partial charge is 0.294 e. The SMILES string of the molecule is CC(=O)CCCCCN1/C(=C/C=C/C2=[N+](CCCc3ccccc3)c3ccccc3C2(C)C)C(C)(C)c2cc(S(=O)(=O)O)ccc21. The van der Waals surface area contributed by atoms with Gasteiger partial charge in [-0.15, -0.1) is 0 Å². The van der Waals surface area contributed by atoms with Crippen LogP contribution in [0, 0.1) is 0 Å². The second kappa shape index (κ2) is 13.5. The number of hydrogen-bond acceptors (Lipinski definition) is 4. The van der Waals surface area contributed by atoms with E-state index in [0.717, 1.165) is 62.1 Å². The summed E-state index contributed by atoms with van der Waals surface area (Å²) in [6.45, 7) is 12.1. The van der Waals surface area contributed by atoms with Crippen molar-refractivity contribution >= 4 is 33.0 Å². The van der Waals surface area contributed by atoms with Gasteiger partial charge in [0.1, 0.15) is 12.3 Å². The van der Waals surface area contributed by atoms with Crippen molar-refractivity contribution in [2.24, 2.45) is 0 Å². The zero-order valence-electron chi connectivity index (χ0n) is 27.8. The van der Waals surface area contributed by atoms with E-state index in [1.807, 2.05) is 0 Å². The summed E-state index contributed by atoms with van der Waals surface area (Å²) in [5, 5.41) is 0. The molecule has 2 aliphatic heterocycles. The van der Waals surface area contributed by atoms with Crippen LogP contribution in [0.4, 0.5) is 11.4 Å². The Balaban J connectivity index is 1.48. The number of carbonyl (C=O) groups excluding carboxylic acids is 1. The second-order valence-electron chi connectivity index (χ2n) is 13.6. The van der Waals surface area contributed by atoms with Gasteiger partial charge in [0.2, 0.25) is 5.69 Å². The highest BCUT2D eigenvalue weighted by Gasteiger charge is 2.44. The summed E-state index contributed by atoms with van der Waals surface area (Å²) in [6.07, 6.45) is 11.9. The quantitative estimate of drug-likeness (QED) is 0.116. The zero-order chi connectivity index (χ0) is 33.1. The topological polar surface area (TPSA) is 77.7 Å². The minimum atomic E-state index is -4.33. The van der Waals surface area contributed by atoms with Gasteiger partial charge in [0.05, 0.1) is 10.3 Å². The maximum Gasteiger partial charge on any atom is 0.294 e. The molecule has 2 aliphatic rings. The van der Waals surface area contributed by atoms with Gasteiger partial charge in [0.15, 0.2) is 5.71 Å². The van der Waals surface area contributed by atoms with Crippen LogP contribution in [0.5, 0.6) is 0 Å². The van der Waals surface area contributed by atoms with Crippen molar-refractivity contribution < 1.29 is 22.3 Å². The molecule has 1 N–H and O–H groups in total. The third-order valence-electron chi connectivity index (χ3n) is 9.57. The monoisotopic (exact) mass is 639 g/mol. The lowest BCUT2D eigenvalue weighted by atomic mass is 9.81. The summed E-state index contributed by atoms with van der Waals surface area (Å²) >= 11 is 0. The van der Waals surface area contributed by atoms with Crippen LogP contribution in [0.25, 0.3) is 0 Å². The molecular weight excluding hydrogens is 593 g/mol. The van der Waals surface area contributed by atoms with Gasteiger partial charge in [0, 0.05) is 53.9 Å². The van der Waals surface area contributed by atoms with Crippen molar-refractivity contribution in [3.05, 3.63) is 113 Å². The Morgan fingerprint density at radius 3 is 2.30 bits per heavy atom. The van der Waals surface area contributed by atoms with Crippen molar-refractivity contribution in [1.29, 1.82) is 0 Å². The van der Waals surface area contributed by atoms with E-state index in [-0.39, 0.29) is 16.1 Å². The molecular formula is C39H47N2O4S+. The normalized spacial score (nSPS) is 17.6. The van der Waals surface area contributed by atoms with E-state index in [1.54, 1.807) is 19.1 Å². The molecule has 3 aromatic carbocycles. The van der Waals surface area contributed by atoms with Crippen LogP contribution in [-0.2, 0) is 32.2 Å². The summed E-state index contributed by atoms with van der Waals surface area (Å²) in [7, 11) is -4.33. The summed E-state index contributed by atoms with van der Waals surface area (Å²) in [5.41, 5.74) is 7.40. The molecule has 0 aliphatic carbocycles. The molecule has 0 radical (unpaired) electrons. The third kappa shape index (κ3) is 6.96. The van der Waals surface area contributed by atoms with E-state index in [0.29, 0.717) is 6.42 Å². The molecule has 0 saturated carbocycles. The van der Waals surface area contributed by atoms with Gasteiger partial charge in [-0.3, -0.25) is 4.55 Å². The lowest BCUT2D eigenvalue weighted by Crippen LogP contribution is -2.28. The van der Waals surface area contributed by atoms with E-state index in [9.17, 15) is 17.8 Å². The number of rotatable bonds is 13. The molecule has 0 bridgehead atoms. The number of carbonyl (C=O) groups is 1. The molecule has 7 heteroatoms. The van der Waals surface area contributed by atoms with Gasteiger partial charge in [-0.25, -0.2) is 0 Å². The van der Waals surface area contributed by atoms with Crippen molar-refractivity contribution in [3.8, 4) is 0 Å². The molecule has 0 unspecified atom stereocenters. The molecule has 46 heavy (non-hydrogen) atoms. The number of anilines is 1. The number of benzene rings is 3. The predicted octanol–water partition coefficient (Wildman–Crippen LogP) is 8.33. The number of hydrogen-bond donors (Lipinski definition) is 1. The first-order chi connectivity index (χ1) is 21.8. The van der Waals surface area contributed by atoms with Crippen LogP contribution in [0.15, 0.2) is 102 Å². The van der Waals surface area contributed by atoms with Crippen LogP contribution < -0.4 is 4.90 Å². The van der Waals surface area contributed by atoms with Crippen molar-refractivity contribution in [2.45, 2.75) is 88.9 Å². The number of allylic oxidation sites excluding steroid dienone is 4. The summed E-state index contributed by atoms with van der Waals surface area (Å²) in [5.74, 6) is 0.208. The second-order valence-corrected chi connectivity index (χ2v) is 15.0. The van der Waals surface area contributed by atoms with Crippen LogP contribution in [0.2, 0.25) is 0 Å². The Kier molecular flexibility index (Phi) is 9.85. The van der Waals surface area contributed by atoms with E-state index in [4.69, 9.17) is 0 Å². The fraction of sp³-hybridized carbons (Fsp3) is 0.385. The first-order valence-corrected chi connectivity index (χ1v) is 17.8. The van der Waals surface area contributed by atoms with Crippen molar-refractivity contribution in [3.63, 3.8) is 0 Å². The molecule has 0 amide bonds. The summed E-state index contributed by atoms with van der Waals surface area (Å²) in [6, 6.07) is 24.2. The molecule has 242 valence electrons. The van der Waals surface area contributed by atoms with Gasteiger partial charge in [-0.1, -0.05) is 74.9 Å². The number of Topliss-reactive ketones (excluding diaryl/α,β-unsaturated/α-hetero) is 1. The summed E-state index contributed by atoms with van der Waals surface area (Å²) in [4.78, 5) is 13.6. The predicted molar refractivity (Wildman–Crippen MR) is 187 cm³/mol. The van der Waals surface area contributed by atoms with Crippen LogP contribution in [0.3, 0.4) is 0 Å². The van der Waals surface area contributed by atoms with E-state index >= 15 is 0 Å². The first kappa shape index (κ1) is 33.6. The minimum absolute atomic E-state index is 0.0929. The molecule has 0 fully saturated rings. The average molecular weight is 640 g/mol. The molecule has 0 atom stereocenters.